The third kappa shape index (κ3) is 4.05. The molecule has 0 bridgehead atoms. The molecule has 0 aliphatic carbocycles. The zero-order valence-electron chi connectivity index (χ0n) is 19.8. The van der Waals surface area contributed by atoms with Crippen LogP contribution in [0.25, 0.3) is 50.6 Å². The fourth-order valence-corrected chi connectivity index (χ4v) is 4.92. The maximum Gasteiger partial charge on any atom is 0.203 e. The lowest BCUT2D eigenvalue weighted by Crippen LogP contribution is -2.10. The molecule has 0 amide bonds. The molecule has 0 unspecified atom stereocenters. The molecular formula is C31H20Cl2N2O2. The van der Waals surface area contributed by atoms with E-state index in [2.05, 4.69) is 0 Å². The van der Waals surface area contributed by atoms with Gasteiger partial charge in [-0.15, -0.1) is 0 Å². The molecule has 0 fully saturated rings. The van der Waals surface area contributed by atoms with Crippen LogP contribution in [0.5, 0.6) is 0 Å². The molecule has 6 heteroatoms. The predicted octanol–water partition coefficient (Wildman–Crippen LogP) is 8.59. The Morgan fingerprint density at radius 1 is 0.784 bits per heavy atom. The quantitative estimate of drug-likeness (QED) is 0.233. The molecule has 6 rings (SSSR count). The van der Waals surface area contributed by atoms with E-state index < -0.39 is 0 Å². The molecule has 4 nitrogen and oxygen atoms in total. The van der Waals surface area contributed by atoms with Gasteiger partial charge in [-0.25, -0.2) is 4.98 Å². The van der Waals surface area contributed by atoms with Crippen molar-refractivity contribution in [1.29, 1.82) is 0 Å². The first-order valence-corrected chi connectivity index (χ1v) is 12.5. The SMILES string of the molecule is Cc1cc2occ(-c3nc(-c4ccccc4)c(-c4ccccc4)n3-c3ccccc3Cl)c(=O)c2cc1Cl. The highest BCUT2D eigenvalue weighted by molar-refractivity contribution is 6.32. The second-order valence-corrected chi connectivity index (χ2v) is 9.54. The lowest BCUT2D eigenvalue weighted by molar-refractivity contribution is 0.603. The molecule has 0 spiro atoms. The highest BCUT2D eigenvalue weighted by atomic mass is 35.5. The van der Waals surface area contributed by atoms with E-state index >= 15 is 0 Å². The van der Waals surface area contributed by atoms with E-state index in [0.29, 0.717) is 38.1 Å². The van der Waals surface area contributed by atoms with Crippen LogP contribution in [0.1, 0.15) is 5.56 Å². The maximum absolute atomic E-state index is 13.8. The number of aryl methyl sites for hydroxylation is 1. The Morgan fingerprint density at radius 3 is 2.14 bits per heavy atom. The molecule has 180 valence electrons. The molecule has 0 saturated carbocycles. The van der Waals surface area contributed by atoms with Crippen molar-refractivity contribution in [2.45, 2.75) is 6.92 Å². The van der Waals surface area contributed by atoms with Crippen LogP contribution in [0, 0.1) is 6.92 Å². The summed E-state index contributed by atoms with van der Waals surface area (Å²) in [6.07, 6.45) is 1.47. The monoisotopic (exact) mass is 522 g/mol. The van der Waals surface area contributed by atoms with Crippen LogP contribution >= 0.6 is 23.2 Å². The standard InChI is InChI=1S/C31H20Cl2N2O2/c1-19-16-27-22(17-25(19)33)30(36)23(18-37-27)31-34-28(20-10-4-2-5-11-20)29(21-12-6-3-7-13-21)35(31)26-15-9-8-14-24(26)32/h2-18H,1H3. The van der Waals surface area contributed by atoms with Gasteiger partial charge in [0.25, 0.3) is 0 Å². The Morgan fingerprint density at radius 2 is 1.43 bits per heavy atom. The molecule has 4 aromatic carbocycles. The molecule has 0 radical (unpaired) electrons. The molecular weight excluding hydrogens is 503 g/mol. The van der Waals surface area contributed by atoms with Gasteiger partial charge in [-0.3, -0.25) is 9.36 Å². The number of rotatable bonds is 4. The van der Waals surface area contributed by atoms with Crippen molar-refractivity contribution in [2.75, 3.05) is 0 Å². The maximum atomic E-state index is 13.8. The number of para-hydroxylation sites is 1. The molecule has 2 heterocycles. The molecule has 0 N–H and O–H groups in total. The zero-order chi connectivity index (χ0) is 25.5. The van der Waals surface area contributed by atoms with E-state index in [-0.39, 0.29) is 5.43 Å². The Labute approximate surface area is 223 Å². The van der Waals surface area contributed by atoms with E-state index in [1.165, 1.54) is 6.26 Å². The minimum absolute atomic E-state index is 0.222. The molecule has 2 aromatic heterocycles. The summed E-state index contributed by atoms with van der Waals surface area (Å²) in [6, 6.07) is 30.8. The van der Waals surface area contributed by atoms with Gasteiger partial charge < -0.3 is 4.42 Å². The highest BCUT2D eigenvalue weighted by Gasteiger charge is 2.25. The Hall–Kier alpha value is -4.12. The zero-order valence-corrected chi connectivity index (χ0v) is 21.3. The third-order valence-electron chi connectivity index (χ3n) is 6.36. The summed E-state index contributed by atoms with van der Waals surface area (Å²) in [5, 5.41) is 1.42. The van der Waals surface area contributed by atoms with Crippen LogP contribution in [0.2, 0.25) is 10.0 Å². The summed E-state index contributed by atoms with van der Waals surface area (Å²) < 4.78 is 7.89. The Bertz CT molecular complexity index is 1820. The topological polar surface area (TPSA) is 48.0 Å². The summed E-state index contributed by atoms with van der Waals surface area (Å²) in [6.45, 7) is 1.87. The van der Waals surface area contributed by atoms with Gasteiger partial charge in [0.1, 0.15) is 17.4 Å². The first kappa shape index (κ1) is 23.3. The summed E-state index contributed by atoms with van der Waals surface area (Å²) in [5.74, 6) is 0.429. The van der Waals surface area contributed by atoms with E-state index in [1.807, 2.05) is 96.4 Å². The van der Waals surface area contributed by atoms with Gasteiger partial charge in [0, 0.05) is 16.1 Å². The lowest BCUT2D eigenvalue weighted by atomic mass is 10.0. The Kier molecular flexibility index (Phi) is 5.91. The second kappa shape index (κ2) is 9.40. The first-order valence-electron chi connectivity index (χ1n) is 11.7. The van der Waals surface area contributed by atoms with Gasteiger partial charge in [0.15, 0.2) is 5.82 Å². The van der Waals surface area contributed by atoms with Crippen LogP contribution < -0.4 is 5.43 Å². The molecule has 0 atom stereocenters. The summed E-state index contributed by atoms with van der Waals surface area (Å²) in [4.78, 5) is 18.9. The number of hydrogen-bond acceptors (Lipinski definition) is 3. The highest BCUT2D eigenvalue weighted by Crippen LogP contribution is 2.39. The summed E-state index contributed by atoms with van der Waals surface area (Å²) in [7, 11) is 0. The van der Waals surface area contributed by atoms with Gasteiger partial charge >= 0.3 is 0 Å². The van der Waals surface area contributed by atoms with Gasteiger partial charge in [-0.2, -0.15) is 0 Å². The van der Waals surface area contributed by atoms with Crippen LogP contribution in [0.3, 0.4) is 0 Å². The van der Waals surface area contributed by atoms with Crippen molar-refractivity contribution >= 4 is 34.2 Å². The van der Waals surface area contributed by atoms with Gasteiger partial charge in [-0.05, 0) is 36.8 Å². The van der Waals surface area contributed by atoms with E-state index in [4.69, 9.17) is 32.6 Å². The van der Waals surface area contributed by atoms with E-state index in [1.54, 1.807) is 12.1 Å². The minimum Gasteiger partial charge on any atom is -0.463 e. The van der Waals surface area contributed by atoms with Gasteiger partial charge in [0.05, 0.1) is 27.5 Å². The largest absolute Gasteiger partial charge is 0.463 e. The third-order valence-corrected chi connectivity index (χ3v) is 7.09. The summed E-state index contributed by atoms with van der Waals surface area (Å²) >= 11 is 13.1. The van der Waals surface area contributed by atoms with E-state index in [0.717, 1.165) is 28.1 Å². The number of halogens is 2. The number of fused-ring (bicyclic) bond motifs is 1. The van der Waals surface area contributed by atoms with Gasteiger partial charge in [0.2, 0.25) is 5.43 Å². The predicted molar refractivity (Wildman–Crippen MR) is 151 cm³/mol. The lowest BCUT2D eigenvalue weighted by Gasteiger charge is -2.15. The number of imidazole rings is 1. The number of aromatic nitrogens is 2. The van der Waals surface area contributed by atoms with Crippen molar-refractivity contribution in [3.63, 3.8) is 0 Å². The van der Waals surface area contributed by atoms with Crippen LogP contribution in [-0.4, -0.2) is 9.55 Å². The fourth-order valence-electron chi connectivity index (χ4n) is 4.53. The van der Waals surface area contributed by atoms with Crippen molar-refractivity contribution in [1.82, 2.24) is 9.55 Å². The molecule has 0 saturated heterocycles. The number of benzene rings is 4. The van der Waals surface area contributed by atoms with E-state index in [9.17, 15) is 4.79 Å². The smallest absolute Gasteiger partial charge is 0.203 e. The second-order valence-electron chi connectivity index (χ2n) is 8.73. The first-order chi connectivity index (χ1) is 18.0. The molecule has 37 heavy (non-hydrogen) atoms. The van der Waals surface area contributed by atoms with Crippen molar-refractivity contribution < 1.29 is 4.42 Å². The van der Waals surface area contributed by atoms with Crippen LogP contribution in [0.15, 0.2) is 113 Å². The minimum atomic E-state index is -0.222. The number of hydrogen-bond donors (Lipinski definition) is 0. The van der Waals surface area contributed by atoms with Gasteiger partial charge in [-0.1, -0.05) is 96.0 Å². The normalized spacial score (nSPS) is 11.2. The fraction of sp³-hybridized carbons (Fsp3) is 0.0323. The van der Waals surface area contributed by atoms with Crippen LogP contribution in [-0.2, 0) is 0 Å². The molecule has 6 aromatic rings. The number of nitrogens with zero attached hydrogens (tertiary/aromatic N) is 2. The average molecular weight is 523 g/mol. The molecule has 0 aliphatic heterocycles. The Balaban J connectivity index is 1.76. The average Bonchev–Trinajstić information content (AvgIpc) is 3.31. The van der Waals surface area contributed by atoms with Crippen LogP contribution in [0.4, 0.5) is 0 Å². The van der Waals surface area contributed by atoms with Crippen molar-refractivity contribution in [3.05, 3.63) is 129 Å². The summed E-state index contributed by atoms with van der Waals surface area (Å²) in [5.41, 5.74) is 5.49. The van der Waals surface area contributed by atoms with Crippen molar-refractivity contribution in [3.8, 4) is 39.6 Å². The van der Waals surface area contributed by atoms with Crippen molar-refractivity contribution in [2.24, 2.45) is 0 Å². The molecule has 0 aliphatic rings.